The Hall–Kier alpha value is -1.56. The van der Waals surface area contributed by atoms with Gasteiger partial charge in [0.2, 0.25) is 0 Å². The van der Waals surface area contributed by atoms with Crippen molar-refractivity contribution in [2.45, 2.75) is 151 Å². The fourth-order valence-corrected chi connectivity index (χ4v) is 11.3. The van der Waals surface area contributed by atoms with Crippen molar-refractivity contribution in [3.05, 3.63) is 11.6 Å². The van der Waals surface area contributed by atoms with E-state index in [0.717, 1.165) is 18.3 Å². The van der Waals surface area contributed by atoms with Crippen LogP contribution in [0.5, 0.6) is 0 Å². The fourth-order valence-electron chi connectivity index (χ4n) is 11.3. The largest absolute Gasteiger partial charge is 0.458 e. The first-order valence-electron chi connectivity index (χ1n) is 17.9. The van der Waals surface area contributed by atoms with Gasteiger partial charge in [-0.3, -0.25) is 0 Å². The molecule has 276 valence electrons. The standard InChI is InChI=1S/C35H52O14/c1-17-30(49-31-29(42)28(41)27(40)24(14-36)48-31)23(38)12-26(46-17)47-19-3-8-33(16-37)21-4-7-32(2)20(18-11-25(39)45-15-18)6-10-35(32,44)22(21)5-9-34(33,43)13-19/h11,16-17,19-24,26-31,36,38,40-44H,3-10,12-15H2,1-2H3/t17-,19+,20-,21+,22-,23-,24-,26+,27-,28+,29-,30-,31+,32-,33+,34+,35+/m1/s1. The average molecular weight is 697 g/mol. The van der Waals surface area contributed by atoms with Crippen LogP contribution in [0.15, 0.2) is 11.6 Å². The normalized spacial score (nSPS) is 54.3. The zero-order valence-electron chi connectivity index (χ0n) is 28.1. The Morgan fingerprint density at radius 3 is 2.37 bits per heavy atom. The smallest absolute Gasteiger partial charge is 0.331 e. The summed E-state index contributed by atoms with van der Waals surface area (Å²) in [6, 6.07) is 0. The molecule has 0 aromatic heterocycles. The first-order valence-corrected chi connectivity index (χ1v) is 17.9. The summed E-state index contributed by atoms with van der Waals surface area (Å²) in [5.41, 5.74) is -2.94. The molecule has 0 bridgehead atoms. The Labute approximate surface area is 285 Å². The van der Waals surface area contributed by atoms with Gasteiger partial charge in [0.1, 0.15) is 43.4 Å². The van der Waals surface area contributed by atoms with Gasteiger partial charge in [-0.1, -0.05) is 6.92 Å². The zero-order chi connectivity index (χ0) is 35.1. The van der Waals surface area contributed by atoms with Crippen molar-refractivity contribution >= 4 is 12.3 Å². The van der Waals surface area contributed by atoms with Crippen LogP contribution in [0.25, 0.3) is 0 Å². The second kappa shape index (κ2) is 12.8. The molecule has 7 rings (SSSR count). The number of aldehydes is 1. The highest BCUT2D eigenvalue weighted by molar-refractivity contribution is 5.85. The Morgan fingerprint density at radius 1 is 0.939 bits per heavy atom. The third-order valence-electron chi connectivity index (χ3n) is 14.0. The highest BCUT2D eigenvalue weighted by Gasteiger charge is 2.71. The Bertz CT molecular complexity index is 1300. The minimum Gasteiger partial charge on any atom is -0.458 e. The lowest BCUT2D eigenvalue weighted by Gasteiger charge is -2.65. The third-order valence-corrected chi connectivity index (χ3v) is 14.0. The van der Waals surface area contributed by atoms with Gasteiger partial charge in [0.15, 0.2) is 12.6 Å². The Balaban J connectivity index is 1.00. The summed E-state index contributed by atoms with van der Waals surface area (Å²) in [6.07, 6.45) is -4.38. The highest BCUT2D eigenvalue weighted by Crippen LogP contribution is 2.70. The van der Waals surface area contributed by atoms with E-state index in [9.17, 15) is 45.3 Å². The van der Waals surface area contributed by atoms with Crippen molar-refractivity contribution in [3.63, 3.8) is 0 Å². The molecule has 49 heavy (non-hydrogen) atoms. The monoisotopic (exact) mass is 696 g/mol. The molecule has 14 heteroatoms. The minimum atomic E-state index is -1.62. The lowest BCUT2D eigenvalue weighted by Crippen LogP contribution is -2.69. The van der Waals surface area contributed by atoms with Gasteiger partial charge in [-0.2, -0.15) is 0 Å². The maximum atomic E-state index is 13.2. The van der Waals surface area contributed by atoms with E-state index in [2.05, 4.69) is 6.92 Å². The fraction of sp³-hybridized carbons (Fsp3) is 0.886. The molecule has 0 radical (unpaired) electrons. The molecule has 7 N–H and O–H groups in total. The zero-order valence-corrected chi connectivity index (χ0v) is 28.1. The van der Waals surface area contributed by atoms with Gasteiger partial charge < -0.3 is 64.2 Å². The van der Waals surface area contributed by atoms with Crippen LogP contribution in [-0.4, -0.2) is 134 Å². The number of carbonyl (C=O) groups excluding carboxylic acids is 2. The highest BCUT2D eigenvalue weighted by atomic mass is 16.7. The maximum Gasteiger partial charge on any atom is 0.331 e. The van der Waals surface area contributed by atoms with Crippen molar-refractivity contribution in [2.24, 2.45) is 28.6 Å². The van der Waals surface area contributed by atoms with Gasteiger partial charge in [0.25, 0.3) is 0 Å². The number of hydrogen-bond donors (Lipinski definition) is 7. The summed E-state index contributed by atoms with van der Waals surface area (Å²) in [5.74, 6) is -0.688. The van der Waals surface area contributed by atoms with E-state index in [4.69, 9.17) is 23.7 Å². The van der Waals surface area contributed by atoms with Gasteiger partial charge in [-0.25, -0.2) is 4.79 Å². The van der Waals surface area contributed by atoms with Crippen LogP contribution in [0.1, 0.15) is 78.1 Å². The Morgan fingerprint density at radius 2 is 1.69 bits per heavy atom. The van der Waals surface area contributed by atoms with Crippen LogP contribution in [0.4, 0.5) is 0 Å². The molecule has 4 aliphatic carbocycles. The predicted octanol–water partition coefficient (Wildman–Crippen LogP) is -0.397. The predicted molar refractivity (Wildman–Crippen MR) is 166 cm³/mol. The van der Waals surface area contributed by atoms with Crippen molar-refractivity contribution in [1.82, 2.24) is 0 Å². The molecule has 6 fully saturated rings. The van der Waals surface area contributed by atoms with Crippen molar-refractivity contribution < 1.29 is 69.0 Å². The van der Waals surface area contributed by atoms with E-state index < -0.39 is 90.1 Å². The van der Waals surface area contributed by atoms with Crippen LogP contribution in [0.3, 0.4) is 0 Å². The Kier molecular flexibility index (Phi) is 9.38. The molecule has 0 aromatic carbocycles. The van der Waals surface area contributed by atoms with Gasteiger partial charge in [-0.05, 0) is 81.6 Å². The van der Waals surface area contributed by atoms with Crippen LogP contribution in [0, 0.1) is 28.6 Å². The molecule has 0 amide bonds. The van der Waals surface area contributed by atoms with Gasteiger partial charge in [0.05, 0.1) is 41.5 Å². The van der Waals surface area contributed by atoms with Crippen molar-refractivity contribution in [1.29, 1.82) is 0 Å². The molecular weight excluding hydrogens is 644 g/mol. The molecule has 17 atom stereocenters. The SMILES string of the molecule is C[C@H]1O[C@@H](O[C@H]2CC[C@]3(C=O)[C@H]4CC[C@]5(C)[C@@H](C6=CC(=O)OC6)CC[C@]5(O)[C@@H]4CC[C@]3(O)C2)C[C@@H](O)[C@@H]1O[C@@H]1O[C@H](CO)[C@@H](O)[C@H](O)[C@H]1O. The van der Waals surface area contributed by atoms with E-state index in [-0.39, 0.29) is 43.2 Å². The summed E-state index contributed by atoms with van der Waals surface area (Å²) in [4.78, 5) is 25.0. The van der Waals surface area contributed by atoms with Gasteiger partial charge in [0, 0.05) is 24.3 Å². The molecule has 14 nitrogen and oxygen atoms in total. The molecule has 7 aliphatic rings. The lowest BCUT2D eigenvalue weighted by molar-refractivity contribution is -0.345. The van der Waals surface area contributed by atoms with Crippen LogP contribution in [-0.2, 0) is 33.3 Å². The third kappa shape index (κ3) is 5.47. The molecule has 4 saturated carbocycles. The number of carbonyl (C=O) groups is 2. The summed E-state index contributed by atoms with van der Waals surface area (Å²) in [6.45, 7) is 3.42. The number of aliphatic hydroxyl groups excluding tert-OH is 5. The second-order valence-corrected chi connectivity index (χ2v) is 16.1. The summed E-state index contributed by atoms with van der Waals surface area (Å²) in [7, 11) is 0. The van der Waals surface area contributed by atoms with E-state index >= 15 is 0 Å². The van der Waals surface area contributed by atoms with Crippen molar-refractivity contribution in [3.8, 4) is 0 Å². The van der Waals surface area contributed by atoms with Gasteiger partial charge in [-0.15, -0.1) is 0 Å². The van der Waals surface area contributed by atoms with Crippen LogP contribution in [0.2, 0.25) is 0 Å². The van der Waals surface area contributed by atoms with Crippen LogP contribution < -0.4 is 0 Å². The van der Waals surface area contributed by atoms with Crippen molar-refractivity contribution in [2.75, 3.05) is 13.2 Å². The maximum absolute atomic E-state index is 13.2. The molecule has 0 aromatic rings. The van der Waals surface area contributed by atoms with E-state index in [0.29, 0.717) is 44.9 Å². The number of ether oxygens (including phenoxy) is 5. The average Bonchev–Trinajstić information content (AvgIpc) is 3.61. The number of aliphatic hydroxyl groups is 7. The molecule has 3 heterocycles. The summed E-state index contributed by atoms with van der Waals surface area (Å²) in [5, 5.41) is 75.9. The number of cyclic esters (lactones) is 1. The van der Waals surface area contributed by atoms with E-state index in [1.807, 2.05) is 0 Å². The molecular formula is C35H52O14. The number of esters is 1. The lowest BCUT2D eigenvalue weighted by atomic mass is 9.41. The topological polar surface area (TPSA) is 222 Å². The minimum absolute atomic E-state index is 0.00470. The number of hydrogen-bond acceptors (Lipinski definition) is 14. The van der Waals surface area contributed by atoms with E-state index in [1.165, 1.54) is 0 Å². The summed E-state index contributed by atoms with van der Waals surface area (Å²) >= 11 is 0. The molecule has 2 saturated heterocycles. The first kappa shape index (κ1) is 35.8. The molecule has 3 aliphatic heterocycles. The van der Waals surface area contributed by atoms with Gasteiger partial charge >= 0.3 is 5.97 Å². The number of fused-ring (bicyclic) bond motifs is 5. The quantitative estimate of drug-likeness (QED) is 0.102. The molecule has 0 spiro atoms. The first-order chi connectivity index (χ1) is 23.2. The second-order valence-electron chi connectivity index (χ2n) is 16.1. The number of rotatable bonds is 7. The van der Waals surface area contributed by atoms with E-state index in [1.54, 1.807) is 13.0 Å². The van der Waals surface area contributed by atoms with Crippen LogP contribution >= 0.6 is 0 Å². The summed E-state index contributed by atoms with van der Waals surface area (Å²) < 4.78 is 28.9. The molecule has 0 unspecified atom stereocenters.